The Labute approximate surface area is 124 Å². The summed E-state index contributed by atoms with van der Waals surface area (Å²) in [6, 6.07) is 1.20. The van der Waals surface area contributed by atoms with E-state index in [2.05, 4.69) is 22.1 Å². The SMILES string of the molecule is CC(CCN=C(N)NC1CCCCC1)N1CCCCC1. The van der Waals surface area contributed by atoms with Crippen molar-refractivity contribution in [3.63, 3.8) is 0 Å². The first-order valence-corrected chi connectivity index (χ1v) is 8.56. The molecule has 1 aliphatic heterocycles. The number of hydrogen-bond donors (Lipinski definition) is 2. The Bertz CT molecular complexity index is 291. The molecule has 20 heavy (non-hydrogen) atoms. The number of rotatable bonds is 5. The molecule has 0 aromatic heterocycles. The third-order valence-electron chi connectivity index (χ3n) is 4.80. The van der Waals surface area contributed by atoms with Crippen LogP contribution in [-0.2, 0) is 0 Å². The lowest BCUT2D eigenvalue weighted by Gasteiger charge is -2.32. The Morgan fingerprint density at radius 1 is 1.15 bits per heavy atom. The maximum atomic E-state index is 5.99. The summed E-state index contributed by atoms with van der Waals surface area (Å²) in [6.07, 6.45) is 11.8. The zero-order valence-electron chi connectivity index (χ0n) is 13.1. The van der Waals surface area contributed by atoms with Crippen molar-refractivity contribution in [2.45, 2.75) is 76.8 Å². The lowest BCUT2D eigenvalue weighted by molar-refractivity contribution is 0.168. The second-order valence-corrected chi connectivity index (χ2v) is 6.48. The van der Waals surface area contributed by atoms with Crippen LogP contribution in [0.4, 0.5) is 0 Å². The summed E-state index contributed by atoms with van der Waals surface area (Å²) >= 11 is 0. The summed E-state index contributed by atoms with van der Waals surface area (Å²) in [5.41, 5.74) is 5.99. The summed E-state index contributed by atoms with van der Waals surface area (Å²) in [7, 11) is 0. The van der Waals surface area contributed by atoms with Crippen LogP contribution in [0.1, 0.15) is 64.7 Å². The summed E-state index contributed by atoms with van der Waals surface area (Å²) in [5.74, 6) is 0.655. The van der Waals surface area contributed by atoms with Crippen LogP contribution in [0.5, 0.6) is 0 Å². The second kappa shape index (κ2) is 8.50. The standard InChI is InChI=1S/C16H32N4/c1-14(20-12-6-3-7-13-20)10-11-18-16(17)19-15-8-4-2-5-9-15/h14-15H,2-13H2,1H3,(H3,17,18,19). The minimum atomic E-state index is 0.562. The van der Waals surface area contributed by atoms with E-state index in [1.54, 1.807) is 0 Å². The van der Waals surface area contributed by atoms with Crippen molar-refractivity contribution in [2.75, 3.05) is 19.6 Å². The van der Waals surface area contributed by atoms with E-state index in [0.29, 0.717) is 18.0 Å². The molecule has 2 fully saturated rings. The van der Waals surface area contributed by atoms with Crippen LogP contribution in [-0.4, -0.2) is 42.6 Å². The van der Waals surface area contributed by atoms with Gasteiger partial charge in [-0.3, -0.25) is 4.99 Å². The normalized spacial score (nSPS) is 24.6. The van der Waals surface area contributed by atoms with Crippen LogP contribution in [0.3, 0.4) is 0 Å². The van der Waals surface area contributed by atoms with E-state index < -0.39 is 0 Å². The van der Waals surface area contributed by atoms with Gasteiger partial charge in [0.05, 0.1) is 0 Å². The molecule has 116 valence electrons. The molecule has 0 radical (unpaired) electrons. The molecule has 1 saturated heterocycles. The average Bonchev–Trinajstić information content (AvgIpc) is 2.49. The second-order valence-electron chi connectivity index (χ2n) is 6.48. The van der Waals surface area contributed by atoms with Gasteiger partial charge in [-0.15, -0.1) is 0 Å². The molecule has 0 bridgehead atoms. The van der Waals surface area contributed by atoms with Crippen LogP contribution in [0.25, 0.3) is 0 Å². The fourth-order valence-corrected chi connectivity index (χ4v) is 3.42. The highest BCUT2D eigenvalue weighted by atomic mass is 15.2. The van der Waals surface area contributed by atoms with Gasteiger partial charge < -0.3 is 16.0 Å². The molecule has 1 saturated carbocycles. The van der Waals surface area contributed by atoms with E-state index in [4.69, 9.17) is 5.73 Å². The Morgan fingerprint density at radius 3 is 2.50 bits per heavy atom. The fourth-order valence-electron chi connectivity index (χ4n) is 3.42. The third kappa shape index (κ3) is 5.31. The van der Waals surface area contributed by atoms with Gasteiger partial charge >= 0.3 is 0 Å². The average molecular weight is 280 g/mol. The van der Waals surface area contributed by atoms with Gasteiger partial charge in [0.2, 0.25) is 0 Å². The highest BCUT2D eigenvalue weighted by molar-refractivity contribution is 5.78. The van der Waals surface area contributed by atoms with Gasteiger partial charge in [-0.1, -0.05) is 25.7 Å². The van der Waals surface area contributed by atoms with Gasteiger partial charge in [0.25, 0.3) is 0 Å². The van der Waals surface area contributed by atoms with Crippen molar-refractivity contribution in [1.82, 2.24) is 10.2 Å². The first-order valence-electron chi connectivity index (χ1n) is 8.56. The van der Waals surface area contributed by atoms with Crippen molar-refractivity contribution in [1.29, 1.82) is 0 Å². The van der Waals surface area contributed by atoms with Gasteiger partial charge in [-0.25, -0.2) is 0 Å². The van der Waals surface area contributed by atoms with Crippen LogP contribution in [0, 0.1) is 0 Å². The van der Waals surface area contributed by atoms with Gasteiger partial charge in [-0.05, 0) is 52.1 Å². The van der Waals surface area contributed by atoms with E-state index in [-0.39, 0.29) is 0 Å². The molecular formula is C16H32N4. The maximum absolute atomic E-state index is 5.99. The molecule has 2 aliphatic rings. The van der Waals surface area contributed by atoms with Crippen molar-refractivity contribution < 1.29 is 0 Å². The minimum Gasteiger partial charge on any atom is -0.370 e. The van der Waals surface area contributed by atoms with Crippen molar-refractivity contribution in [2.24, 2.45) is 10.7 Å². The Kier molecular flexibility index (Phi) is 6.64. The number of nitrogens with zero attached hydrogens (tertiary/aromatic N) is 2. The van der Waals surface area contributed by atoms with E-state index in [1.165, 1.54) is 64.5 Å². The number of guanidine groups is 1. The van der Waals surface area contributed by atoms with Gasteiger partial charge in [-0.2, -0.15) is 0 Å². The first kappa shape index (κ1) is 15.6. The van der Waals surface area contributed by atoms with E-state index in [1.807, 2.05) is 0 Å². The first-order chi connectivity index (χ1) is 9.75. The molecule has 4 nitrogen and oxygen atoms in total. The largest absolute Gasteiger partial charge is 0.370 e. The molecular weight excluding hydrogens is 248 g/mol. The van der Waals surface area contributed by atoms with Crippen LogP contribution in [0.15, 0.2) is 4.99 Å². The highest BCUT2D eigenvalue weighted by Gasteiger charge is 2.16. The van der Waals surface area contributed by atoms with E-state index in [0.717, 1.165) is 13.0 Å². The van der Waals surface area contributed by atoms with Crippen LogP contribution in [0.2, 0.25) is 0 Å². The predicted octanol–water partition coefficient (Wildman–Crippen LogP) is 2.49. The van der Waals surface area contributed by atoms with Crippen LogP contribution >= 0.6 is 0 Å². The lowest BCUT2D eigenvalue weighted by atomic mass is 9.96. The lowest BCUT2D eigenvalue weighted by Crippen LogP contribution is -2.41. The van der Waals surface area contributed by atoms with E-state index in [9.17, 15) is 0 Å². The monoisotopic (exact) mass is 280 g/mol. The number of hydrogen-bond acceptors (Lipinski definition) is 2. The van der Waals surface area contributed by atoms with Gasteiger partial charge in [0, 0.05) is 18.6 Å². The molecule has 1 aliphatic carbocycles. The predicted molar refractivity (Wildman–Crippen MR) is 86.0 cm³/mol. The van der Waals surface area contributed by atoms with Crippen molar-refractivity contribution >= 4 is 5.96 Å². The number of likely N-dealkylation sites (tertiary alicyclic amines) is 1. The van der Waals surface area contributed by atoms with Gasteiger partial charge in [0.15, 0.2) is 5.96 Å². The maximum Gasteiger partial charge on any atom is 0.188 e. The highest BCUT2D eigenvalue weighted by Crippen LogP contribution is 2.17. The number of nitrogens with one attached hydrogen (secondary N) is 1. The quantitative estimate of drug-likeness (QED) is 0.601. The molecule has 3 N–H and O–H groups in total. The molecule has 1 heterocycles. The molecule has 2 rings (SSSR count). The molecule has 0 aromatic rings. The van der Waals surface area contributed by atoms with Crippen molar-refractivity contribution in [3.8, 4) is 0 Å². The molecule has 4 heteroatoms. The molecule has 0 amide bonds. The number of nitrogens with two attached hydrogens (primary N) is 1. The third-order valence-corrected chi connectivity index (χ3v) is 4.80. The van der Waals surface area contributed by atoms with Gasteiger partial charge in [0.1, 0.15) is 0 Å². The number of piperidine rings is 1. The Balaban J connectivity index is 1.63. The fraction of sp³-hybridized carbons (Fsp3) is 0.938. The molecule has 0 aromatic carbocycles. The molecule has 1 unspecified atom stereocenters. The summed E-state index contributed by atoms with van der Waals surface area (Å²) in [5, 5.41) is 3.39. The Hall–Kier alpha value is -0.770. The summed E-state index contributed by atoms with van der Waals surface area (Å²) < 4.78 is 0. The van der Waals surface area contributed by atoms with Crippen LogP contribution < -0.4 is 11.1 Å². The minimum absolute atomic E-state index is 0.562. The zero-order chi connectivity index (χ0) is 14.2. The molecule has 0 spiro atoms. The van der Waals surface area contributed by atoms with Crippen molar-refractivity contribution in [3.05, 3.63) is 0 Å². The zero-order valence-corrected chi connectivity index (χ0v) is 13.1. The van der Waals surface area contributed by atoms with E-state index >= 15 is 0 Å². The summed E-state index contributed by atoms with van der Waals surface area (Å²) in [6.45, 7) is 5.70. The number of aliphatic imine (C=N–C) groups is 1. The summed E-state index contributed by atoms with van der Waals surface area (Å²) in [4.78, 5) is 7.11. The Morgan fingerprint density at radius 2 is 1.80 bits per heavy atom. The topological polar surface area (TPSA) is 53.6 Å². The smallest absolute Gasteiger partial charge is 0.188 e. The molecule has 1 atom stereocenters.